The van der Waals surface area contributed by atoms with Crippen LogP contribution in [0.25, 0.3) is 0 Å². The van der Waals surface area contributed by atoms with Gasteiger partial charge in [0.05, 0.1) is 10.6 Å². The molecule has 1 unspecified atom stereocenters. The molecule has 1 aliphatic heterocycles. The Kier molecular flexibility index (Phi) is 4.66. The Hall–Kier alpha value is -1.13. The lowest BCUT2D eigenvalue weighted by Crippen LogP contribution is -2.41. The number of piperidine rings is 1. The first kappa shape index (κ1) is 15.3. The fraction of sp³-hybridized carbons (Fsp3) is 0.462. The van der Waals surface area contributed by atoms with Crippen molar-refractivity contribution in [2.45, 2.75) is 17.7 Å². The summed E-state index contributed by atoms with van der Waals surface area (Å²) >= 11 is 5.88. The van der Waals surface area contributed by atoms with E-state index in [1.807, 2.05) is 6.07 Å². The highest BCUT2D eigenvalue weighted by Crippen LogP contribution is 2.28. The maximum Gasteiger partial charge on any atom is 0.244 e. The molecule has 1 aromatic rings. The lowest BCUT2D eigenvalue weighted by Gasteiger charge is -2.31. The first-order chi connectivity index (χ1) is 9.50. The van der Waals surface area contributed by atoms with Gasteiger partial charge in [-0.3, -0.25) is 0 Å². The molecule has 7 heteroatoms. The Bertz CT molecular complexity index is 640. The number of halogens is 1. The molecule has 0 aromatic heterocycles. The van der Waals surface area contributed by atoms with Crippen LogP contribution in [-0.4, -0.2) is 37.5 Å². The van der Waals surface area contributed by atoms with E-state index >= 15 is 0 Å². The first-order valence-corrected chi connectivity index (χ1v) is 8.12. The van der Waals surface area contributed by atoms with Crippen LogP contribution in [0.3, 0.4) is 0 Å². The minimum absolute atomic E-state index is 0.0275. The molecule has 0 aliphatic carbocycles. The zero-order chi connectivity index (χ0) is 14.8. The largest absolute Gasteiger partial charge is 0.396 e. The van der Waals surface area contributed by atoms with Gasteiger partial charge < -0.3 is 5.11 Å². The molecule has 1 atom stereocenters. The molecule has 2 rings (SSSR count). The molecule has 0 spiro atoms. The van der Waals surface area contributed by atoms with Crippen molar-refractivity contribution in [3.8, 4) is 6.07 Å². The summed E-state index contributed by atoms with van der Waals surface area (Å²) in [5.41, 5.74) is -0.0275. The maximum atomic E-state index is 12.6. The number of aliphatic hydroxyl groups is 1. The van der Waals surface area contributed by atoms with E-state index in [1.165, 1.54) is 22.5 Å². The fourth-order valence-corrected chi connectivity index (χ4v) is 4.35. The maximum absolute atomic E-state index is 12.6. The van der Waals surface area contributed by atoms with Gasteiger partial charge in [0.1, 0.15) is 11.0 Å². The van der Waals surface area contributed by atoms with Crippen LogP contribution in [0.1, 0.15) is 18.4 Å². The van der Waals surface area contributed by atoms with Gasteiger partial charge in [-0.15, -0.1) is 0 Å². The highest BCUT2D eigenvalue weighted by atomic mass is 35.5. The van der Waals surface area contributed by atoms with E-state index in [-0.39, 0.29) is 34.6 Å². The second-order valence-electron chi connectivity index (χ2n) is 4.78. The Balaban J connectivity index is 2.41. The summed E-state index contributed by atoms with van der Waals surface area (Å²) in [5.74, 6) is -0.0526. The molecule has 5 nitrogen and oxygen atoms in total. The second kappa shape index (κ2) is 6.10. The average molecular weight is 315 g/mol. The fourth-order valence-electron chi connectivity index (χ4n) is 2.36. The van der Waals surface area contributed by atoms with Gasteiger partial charge in [0, 0.05) is 19.7 Å². The number of rotatable bonds is 3. The lowest BCUT2D eigenvalue weighted by molar-refractivity contribution is 0.165. The molecule has 1 aromatic carbocycles. The van der Waals surface area contributed by atoms with Gasteiger partial charge in [-0.25, -0.2) is 8.42 Å². The lowest BCUT2D eigenvalue weighted by atomic mass is 10.0. The number of nitriles is 1. The summed E-state index contributed by atoms with van der Waals surface area (Å²) in [7, 11) is -3.76. The number of hydrogen-bond donors (Lipinski definition) is 1. The van der Waals surface area contributed by atoms with Crippen LogP contribution in [0, 0.1) is 17.2 Å². The van der Waals surface area contributed by atoms with Crippen molar-refractivity contribution >= 4 is 21.6 Å². The van der Waals surface area contributed by atoms with Crippen molar-refractivity contribution in [1.82, 2.24) is 4.31 Å². The van der Waals surface area contributed by atoms with Crippen molar-refractivity contribution < 1.29 is 13.5 Å². The molecule has 1 N–H and O–H groups in total. The summed E-state index contributed by atoms with van der Waals surface area (Å²) in [6.07, 6.45) is 1.51. The normalized spacial score (nSPS) is 20.6. The predicted octanol–water partition coefficient (Wildman–Crippen LogP) is 1.60. The van der Waals surface area contributed by atoms with Gasteiger partial charge in [-0.2, -0.15) is 9.57 Å². The molecule has 108 valence electrons. The molecule has 20 heavy (non-hydrogen) atoms. The van der Waals surface area contributed by atoms with Crippen LogP contribution in [0.15, 0.2) is 23.1 Å². The van der Waals surface area contributed by atoms with Crippen LogP contribution in [0.5, 0.6) is 0 Å². The van der Waals surface area contributed by atoms with E-state index in [2.05, 4.69) is 0 Å². The zero-order valence-corrected chi connectivity index (χ0v) is 12.4. The van der Waals surface area contributed by atoms with E-state index in [0.29, 0.717) is 13.0 Å². The van der Waals surface area contributed by atoms with E-state index in [0.717, 1.165) is 6.42 Å². The third-order valence-corrected chi connectivity index (χ3v) is 5.67. The highest BCUT2D eigenvalue weighted by molar-refractivity contribution is 7.89. The van der Waals surface area contributed by atoms with Crippen molar-refractivity contribution in [1.29, 1.82) is 5.26 Å². The molecular weight excluding hydrogens is 300 g/mol. The molecular formula is C13H15ClN2O3S. The summed E-state index contributed by atoms with van der Waals surface area (Å²) in [6, 6.07) is 6.25. The van der Waals surface area contributed by atoms with Crippen molar-refractivity contribution in [3.05, 3.63) is 28.8 Å². The van der Waals surface area contributed by atoms with Gasteiger partial charge in [0.15, 0.2) is 0 Å². The molecule has 1 saturated heterocycles. The van der Waals surface area contributed by atoms with Crippen LogP contribution >= 0.6 is 11.6 Å². The molecule has 0 radical (unpaired) electrons. The summed E-state index contributed by atoms with van der Waals surface area (Å²) < 4.78 is 26.6. The van der Waals surface area contributed by atoms with Gasteiger partial charge in [-0.1, -0.05) is 17.7 Å². The SMILES string of the molecule is N#Cc1c(Cl)cccc1S(=O)(=O)N1CCCC(CO)C1. The summed E-state index contributed by atoms with van der Waals surface area (Å²) in [6.45, 7) is 0.638. The van der Waals surface area contributed by atoms with Crippen LogP contribution < -0.4 is 0 Å². The Morgan fingerprint density at radius 2 is 2.25 bits per heavy atom. The zero-order valence-electron chi connectivity index (χ0n) is 10.8. The smallest absolute Gasteiger partial charge is 0.244 e. The quantitative estimate of drug-likeness (QED) is 0.919. The Morgan fingerprint density at radius 1 is 1.50 bits per heavy atom. The third-order valence-electron chi connectivity index (χ3n) is 3.44. The molecule has 1 heterocycles. The highest BCUT2D eigenvalue weighted by Gasteiger charge is 2.32. The Labute approximate surface area is 123 Å². The molecule has 0 bridgehead atoms. The Morgan fingerprint density at radius 3 is 2.90 bits per heavy atom. The first-order valence-electron chi connectivity index (χ1n) is 6.30. The van der Waals surface area contributed by atoms with Gasteiger partial charge >= 0.3 is 0 Å². The minimum Gasteiger partial charge on any atom is -0.396 e. The van der Waals surface area contributed by atoms with Gasteiger partial charge in [0.25, 0.3) is 0 Å². The van der Waals surface area contributed by atoms with E-state index in [1.54, 1.807) is 0 Å². The van der Waals surface area contributed by atoms with E-state index in [4.69, 9.17) is 16.9 Å². The topological polar surface area (TPSA) is 81.4 Å². The minimum atomic E-state index is -3.76. The number of aliphatic hydroxyl groups excluding tert-OH is 1. The van der Waals surface area contributed by atoms with Gasteiger partial charge in [0.2, 0.25) is 10.0 Å². The number of hydrogen-bond acceptors (Lipinski definition) is 4. The van der Waals surface area contributed by atoms with Gasteiger partial charge in [-0.05, 0) is 30.9 Å². The van der Waals surface area contributed by atoms with Crippen LogP contribution in [0.2, 0.25) is 5.02 Å². The van der Waals surface area contributed by atoms with E-state index in [9.17, 15) is 13.5 Å². The number of benzene rings is 1. The summed E-state index contributed by atoms with van der Waals surface area (Å²) in [5, 5.41) is 18.4. The summed E-state index contributed by atoms with van der Waals surface area (Å²) in [4.78, 5) is -0.0638. The monoisotopic (exact) mass is 314 g/mol. The van der Waals surface area contributed by atoms with E-state index < -0.39 is 10.0 Å². The van der Waals surface area contributed by atoms with Crippen LogP contribution in [0.4, 0.5) is 0 Å². The number of nitrogens with zero attached hydrogens (tertiary/aromatic N) is 2. The van der Waals surface area contributed by atoms with Crippen molar-refractivity contribution in [2.75, 3.05) is 19.7 Å². The third kappa shape index (κ3) is 2.81. The molecule has 0 saturated carbocycles. The molecule has 1 fully saturated rings. The van der Waals surface area contributed by atoms with Crippen LogP contribution in [-0.2, 0) is 10.0 Å². The second-order valence-corrected chi connectivity index (χ2v) is 7.09. The standard InChI is InChI=1S/C13H15ClN2O3S/c14-12-4-1-5-13(11(12)7-15)20(18,19)16-6-2-3-10(8-16)9-17/h1,4-5,10,17H,2-3,6,8-9H2. The predicted molar refractivity (Wildman–Crippen MR) is 74.7 cm³/mol. The molecule has 0 amide bonds. The number of sulfonamides is 1. The molecule has 1 aliphatic rings. The average Bonchev–Trinajstić information content (AvgIpc) is 2.47. The van der Waals surface area contributed by atoms with Crippen molar-refractivity contribution in [3.63, 3.8) is 0 Å². The van der Waals surface area contributed by atoms with Crippen molar-refractivity contribution in [2.24, 2.45) is 5.92 Å².